The Kier molecular flexibility index (Phi) is 5.32. The van der Waals surface area contributed by atoms with E-state index >= 15 is 0 Å². The quantitative estimate of drug-likeness (QED) is 0.644. The maximum absolute atomic E-state index is 11.0. The fourth-order valence-electron chi connectivity index (χ4n) is 1.50. The first-order valence-corrected chi connectivity index (χ1v) is 5.16. The topological polar surface area (TPSA) is 67.6 Å². The molecule has 1 heterocycles. The van der Waals surface area contributed by atoms with Crippen LogP contribution < -0.4 is 11.1 Å². The summed E-state index contributed by atoms with van der Waals surface area (Å²) in [7, 11) is 0. The molecule has 1 saturated heterocycles. The second-order valence-corrected chi connectivity index (χ2v) is 3.40. The summed E-state index contributed by atoms with van der Waals surface area (Å²) in [5.74, 6) is 0. The first-order chi connectivity index (χ1) is 6.83. The molecule has 1 amide bonds. The van der Waals surface area contributed by atoms with Gasteiger partial charge >= 0.3 is 6.09 Å². The number of carbonyl (C=O) groups is 1. The minimum absolute atomic E-state index is 0.366. The highest BCUT2D eigenvalue weighted by atomic mass is 16.5. The molecular formula is C9H19N3O2. The fraction of sp³-hybridized carbons (Fsp3) is 0.889. The lowest BCUT2D eigenvalue weighted by Gasteiger charge is -2.14. The van der Waals surface area contributed by atoms with Crippen molar-refractivity contribution >= 4 is 6.09 Å². The van der Waals surface area contributed by atoms with Gasteiger partial charge in [-0.15, -0.1) is 0 Å². The van der Waals surface area contributed by atoms with Crippen molar-refractivity contribution in [2.75, 3.05) is 39.3 Å². The van der Waals surface area contributed by atoms with E-state index in [-0.39, 0.29) is 6.09 Å². The maximum Gasteiger partial charge on any atom is 0.407 e. The van der Waals surface area contributed by atoms with Crippen LogP contribution in [0.3, 0.4) is 0 Å². The van der Waals surface area contributed by atoms with E-state index in [9.17, 15) is 4.79 Å². The Hall–Kier alpha value is -0.810. The highest BCUT2D eigenvalue weighted by Crippen LogP contribution is 2.05. The van der Waals surface area contributed by atoms with Crippen molar-refractivity contribution in [3.63, 3.8) is 0 Å². The molecule has 0 aliphatic carbocycles. The number of nitrogens with one attached hydrogen (secondary N) is 1. The zero-order valence-corrected chi connectivity index (χ0v) is 8.50. The van der Waals surface area contributed by atoms with Gasteiger partial charge in [0.1, 0.15) is 6.61 Å². The van der Waals surface area contributed by atoms with E-state index in [1.165, 1.54) is 12.8 Å². The number of alkyl carbamates (subject to hydrolysis) is 1. The molecule has 0 aromatic carbocycles. The first kappa shape index (κ1) is 11.3. The van der Waals surface area contributed by atoms with Gasteiger partial charge in [0.2, 0.25) is 0 Å². The summed E-state index contributed by atoms with van der Waals surface area (Å²) < 4.78 is 4.96. The van der Waals surface area contributed by atoms with Gasteiger partial charge in [-0.25, -0.2) is 4.79 Å². The van der Waals surface area contributed by atoms with Crippen LogP contribution in [0, 0.1) is 0 Å². The van der Waals surface area contributed by atoms with Crippen LogP contribution in [0.15, 0.2) is 0 Å². The van der Waals surface area contributed by atoms with Gasteiger partial charge in [0.05, 0.1) is 0 Å². The summed E-state index contributed by atoms with van der Waals surface area (Å²) in [5.41, 5.74) is 5.23. The number of hydrogen-bond acceptors (Lipinski definition) is 4. The molecule has 1 fully saturated rings. The molecule has 0 saturated carbocycles. The molecule has 1 rings (SSSR count). The molecular weight excluding hydrogens is 182 g/mol. The van der Waals surface area contributed by atoms with Gasteiger partial charge in [0.15, 0.2) is 0 Å². The third-order valence-electron chi connectivity index (χ3n) is 2.25. The standard InChI is InChI=1S/C9H19N3O2/c10-3-4-11-9(13)14-8-7-12-5-1-2-6-12/h1-8,10H2,(H,11,13). The maximum atomic E-state index is 11.0. The van der Waals surface area contributed by atoms with Gasteiger partial charge in [-0.2, -0.15) is 0 Å². The van der Waals surface area contributed by atoms with Crippen molar-refractivity contribution in [2.24, 2.45) is 5.73 Å². The summed E-state index contributed by atoms with van der Waals surface area (Å²) in [6.45, 7) is 4.50. The Morgan fingerprint density at radius 3 is 2.79 bits per heavy atom. The molecule has 5 heteroatoms. The average Bonchev–Trinajstić information content (AvgIpc) is 2.67. The molecule has 1 aliphatic heterocycles. The molecule has 0 radical (unpaired) electrons. The monoisotopic (exact) mass is 201 g/mol. The third kappa shape index (κ3) is 4.43. The van der Waals surface area contributed by atoms with Crippen LogP contribution in [0.4, 0.5) is 4.79 Å². The van der Waals surface area contributed by atoms with Crippen molar-refractivity contribution in [3.05, 3.63) is 0 Å². The molecule has 0 atom stereocenters. The largest absolute Gasteiger partial charge is 0.448 e. The highest BCUT2D eigenvalue weighted by molar-refractivity contribution is 5.67. The first-order valence-electron chi connectivity index (χ1n) is 5.16. The van der Waals surface area contributed by atoms with Crippen LogP contribution in [0.2, 0.25) is 0 Å². The van der Waals surface area contributed by atoms with Crippen molar-refractivity contribution in [2.45, 2.75) is 12.8 Å². The predicted molar refractivity (Wildman–Crippen MR) is 54.1 cm³/mol. The van der Waals surface area contributed by atoms with Crippen molar-refractivity contribution < 1.29 is 9.53 Å². The molecule has 14 heavy (non-hydrogen) atoms. The van der Waals surface area contributed by atoms with Crippen molar-refractivity contribution in [1.82, 2.24) is 10.2 Å². The fourth-order valence-corrected chi connectivity index (χ4v) is 1.50. The van der Waals surface area contributed by atoms with Gasteiger partial charge in [0.25, 0.3) is 0 Å². The number of nitrogens with zero attached hydrogens (tertiary/aromatic N) is 1. The minimum atomic E-state index is -0.366. The van der Waals surface area contributed by atoms with E-state index in [1.807, 2.05) is 0 Å². The molecule has 5 nitrogen and oxygen atoms in total. The Bertz CT molecular complexity index is 169. The summed E-state index contributed by atoms with van der Waals surface area (Å²) in [5, 5.41) is 2.55. The van der Waals surface area contributed by atoms with E-state index < -0.39 is 0 Å². The predicted octanol–water partition coefficient (Wildman–Crippen LogP) is -0.233. The van der Waals surface area contributed by atoms with E-state index in [0.29, 0.717) is 19.7 Å². The number of rotatable bonds is 5. The lowest BCUT2D eigenvalue weighted by Crippen LogP contribution is -2.32. The Labute approximate surface area is 84.6 Å². The third-order valence-corrected chi connectivity index (χ3v) is 2.25. The van der Waals surface area contributed by atoms with Gasteiger partial charge in [-0.05, 0) is 25.9 Å². The van der Waals surface area contributed by atoms with Crippen LogP contribution in [0.1, 0.15) is 12.8 Å². The van der Waals surface area contributed by atoms with Gasteiger partial charge in [-0.1, -0.05) is 0 Å². The van der Waals surface area contributed by atoms with Crippen LogP contribution in [0.25, 0.3) is 0 Å². The molecule has 3 N–H and O–H groups in total. The van der Waals surface area contributed by atoms with Gasteiger partial charge in [0, 0.05) is 19.6 Å². The summed E-state index contributed by atoms with van der Waals surface area (Å²) >= 11 is 0. The molecule has 0 aromatic rings. The van der Waals surface area contributed by atoms with Crippen molar-refractivity contribution in [3.8, 4) is 0 Å². The SMILES string of the molecule is NCCNC(=O)OCCN1CCCC1. The lowest BCUT2D eigenvalue weighted by molar-refractivity contribution is 0.133. The summed E-state index contributed by atoms with van der Waals surface area (Å²) in [6, 6.07) is 0. The molecule has 1 aliphatic rings. The second-order valence-electron chi connectivity index (χ2n) is 3.40. The number of amides is 1. The van der Waals surface area contributed by atoms with Crippen LogP contribution >= 0.6 is 0 Å². The van der Waals surface area contributed by atoms with Crippen LogP contribution in [-0.4, -0.2) is 50.3 Å². The molecule has 0 bridgehead atoms. The van der Waals surface area contributed by atoms with E-state index in [1.54, 1.807) is 0 Å². The minimum Gasteiger partial charge on any atom is -0.448 e. The smallest absolute Gasteiger partial charge is 0.407 e. The second kappa shape index (κ2) is 6.62. The number of carbonyl (C=O) groups excluding carboxylic acids is 1. The summed E-state index contributed by atoms with van der Waals surface area (Å²) in [6.07, 6.45) is 2.16. The normalized spacial score (nSPS) is 16.9. The molecule has 0 spiro atoms. The number of nitrogens with two attached hydrogens (primary N) is 1. The zero-order valence-electron chi connectivity index (χ0n) is 8.50. The Morgan fingerprint density at radius 1 is 1.43 bits per heavy atom. The van der Waals surface area contributed by atoms with Crippen LogP contribution in [0.5, 0.6) is 0 Å². The Morgan fingerprint density at radius 2 is 2.14 bits per heavy atom. The van der Waals surface area contributed by atoms with E-state index in [0.717, 1.165) is 19.6 Å². The van der Waals surface area contributed by atoms with E-state index in [2.05, 4.69) is 10.2 Å². The number of ether oxygens (including phenoxy) is 1. The highest BCUT2D eigenvalue weighted by Gasteiger charge is 2.11. The van der Waals surface area contributed by atoms with Crippen molar-refractivity contribution in [1.29, 1.82) is 0 Å². The Balaban J connectivity index is 1.94. The van der Waals surface area contributed by atoms with E-state index in [4.69, 9.17) is 10.5 Å². The van der Waals surface area contributed by atoms with Gasteiger partial charge < -0.3 is 15.8 Å². The molecule has 0 unspecified atom stereocenters. The van der Waals surface area contributed by atoms with Gasteiger partial charge in [-0.3, -0.25) is 4.90 Å². The molecule has 82 valence electrons. The molecule has 0 aromatic heterocycles. The lowest BCUT2D eigenvalue weighted by atomic mass is 10.4. The average molecular weight is 201 g/mol. The van der Waals surface area contributed by atoms with Crippen LogP contribution in [-0.2, 0) is 4.74 Å². The zero-order chi connectivity index (χ0) is 10.2. The summed E-state index contributed by atoms with van der Waals surface area (Å²) in [4.78, 5) is 13.3. The number of hydrogen-bond donors (Lipinski definition) is 2. The number of likely N-dealkylation sites (tertiary alicyclic amines) is 1.